The maximum Gasteiger partial charge on any atom is 0.272 e. The highest BCUT2D eigenvalue weighted by atomic mass is 19.1. The predicted octanol–water partition coefficient (Wildman–Crippen LogP) is 4.54. The molecule has 0 spiro atoms. The van der Waals surface area contributed by atoms with Crippen molar-refractivity contribution in [2.24, 2.45) is 0 Å². The van der Waals surface area contributed by atoms with Gasteiger partial charge in [0.1, 0.15) is 17.2 Å². The molecule has 35 heavy (non-hydrogen) atoms. The van der Waals surface area contributed by atoms with E-state index in [4.69, 9.17) is 4.74 Å². The minimum absolute atomic E-state index is 0.0614. The second-order valence-electron chi connectivity index (χ2n) is 9.25. The fourth-order valence-electron chi connectivity index (χ4n) is 4.56. The highest BCUT2D eigenvalue weighted by Crippen LogP contribution is 2.31. The van der Waals surface area contributed by atoms with Crippen LogP contribution in [0.3, 0.4) is 0 Å². The molecule has 9 nitrogen and oxygen atoms in total. The molecule has 4 heterocycles. The number of hydrogen-bond donors (Lipinski definition) is 1. The van der Waals surface area contributed by atoms with Gasteiger partial charge >= 0.3 is 0 Å². The van der Waals surface area contributed by atoms with Crippen molar-refractivity contribution in [2.45, 2.75) is 65.6 Å². The summed E-state index contributed by atoms with van der Waals surface area (Å²) in [4.78, 5) is 31.9. The van der Waals surface area contributed by atoms with Crippen LogP contribution in [0.5, 0.6) is 0 Å². The molecule has 10 heteroatoms. The highest BCUT2D eigenvalue weighted by molar-refractivity contribution is 5.93. The number of aryl methyl sites for hydroxylation is 1. The van der Waals surface area contributed by atoms with Gasteiger partial charge in [0.25, 0.3) is 5.91 Å². The normalized spacial score (nSPS) is 14.5. The van der Waals surface area contributed by atoms with Crippen molar-refractivity contribution in [1.29, 1.82) is 0 Å². The molecule has 0 atom stereocenters. The number of ether oxygens (including phenoxy) is 1. The summed E-state index contributed by atoms with van der Waals surface area (Å²) in [6.45, 7) is 11.2. The number of aromatic nitrogens is 5. The fourth-order valence-corrected chi connectivity index (χ4v) is 4.56. The number of amides is 1. The van der Waals surface area contributed by atoms with Crippen LogP contribution in [-0.4, -0.2) is 60.6 Å². The van der Waals surface area contributed by atoms with E-state index < -0.39 is 5.82 Å². The van der Waals surface area contributed by atoms with E-state index in [9.17, 15) is 9.18 Å². The molecule has 0 aromatic carbocycles. The molecule has 0 unspecified atom stereocenters. The average Bonchev–Trinajstić information content (AvgIpc) is 3.22. The molecule has 1 aliphatic rings. The smallest absolute Gasteiger partial charge is 0.272 e. The van der Waals surface area contributed by atoms with E-state index in [2.05, 4.69) is 25.3 Å². The zero-order valence-corrected chi connectivity index (χ0v) is 20.8. The largest absolute Gasteiger partial charge is 0.381 e. The molecule has 1 fully saturated rings. The SMILES string of the molecule is Cc1ncc(-c2nc(Nc3ccc(C(=O)N(C(C)C)C(C)C)nc3)ncc2F)n1C1CCOCC1. The van der Waals surface area contributed by atoms with Gasteiger partial charge in [0.05, 0.1) is 30.0 Å². The standard InChI is InChI=1S/C25H32FN7O2/c1-15(2)32(16(3)4)24(34)21-7-6-18(12-28-21)30-25-29-13-20(26)23(31-25)22-14-27-17(5)33(22)19-8-10-35-11-9-19/h6-7,12-16,19H,8-11H2,1-5H3,(H,29,30,31). The number of pyridine rings is 1. The number of anilines is 2. The Morgan fingerprint density at radius 2 is 1.80 bits per heavy atom. The molecular weight excluding hydrogens is 449 g/mol. The maximum absolute atomic E-state index is 14.8. The van der Waals surface area contributed by atoms with Crippen molar-refractivity contribution in [2.75, 3.05) is 18.5 Å². The summed E-state index contributed by atoms with van der Waals surface area (Å²) in [6, 6.07) is 3.70. The number of nitrogens with zero attached hydrogens (tertiary/aromatic N) is 6. The summed E-state index contributed by atoms with van der Waals surface area (Å²) >= 11 is 0. The minimum Gasteiger partial charge on any atom is -0.381 e. The molecule has 0 saturated carbocycles. The van der Waals surface area contributed by atoms with Crippen molar-refractivity contribution in [3.05, 3.63) is 48.1 Å². The van der Waals surface area contributed by atoms with Crippen LogP contribution in [0.2, 0.25) is 0 Å². The summed E-state index contributed by atoms with van der Waals surface area (Å²) in [5, 5.41) is 3.06. The molecule has 3 aromatic rings. The zero-order valence-electron chi connectivity index (χ0n) is 20.8. The van der Waals surface area contributed by atoms with Crippen LogP contribution >= 0.6 is 0 Å². The van der Waals surface area contributed by atoms with Crippen LogP contribution in [-0.2, 0) is 4.74 Å². The number of imidazole rings is 1. The molecule has 4 rings (SSSR count). The van der Waals surface area contributed by atoms with Crippen LogP contribution in [0.4, 0.5) is 16.0 Å². The molecule has 1 amide bonds. The predicted molar refractivity (Wildman–Crippen MR) is 131 cm³/mol. The first-order valence-corrected chi connectivity index (χ1v) is 12.0. The van der Waals surface area contributed by atoms with Gasteiger partial charge in [-0.1, -0.05) is 0 Å². The third-order valence-corrected chi connectivity index (χ3v) is 6.11. The van der Waals surface area contributed by atoms with Crippen molar-refractivity contribution in [3.63, 3.8) is 0 Å². The van der Waals surface area contributed by atoms with Gasteiger partial charge in [-0.05, 0) is 59.6 Å². The Kier molecular flexibility index (Phi) is 7.39. The van der Waals surface area contributed by atoms with Gasteiger partial charge in [0.15, 0.2) is 5.82 Å². The lowest BCUT2D eigenvalue weighted by atomic mass is 10.1. The van der Waals surface area contributed by atoms with Crippen LogP contribution in [0.15, 0.2) is 30.7 Å². The van der Waals surface area contributed by atoms with Gasteiger partial charge in [-0.2, -0.15) is 0 Å². The molecule has 186 valence electrons. The molecule has 1 saturated heterocycles. The Balaban J connectivity index is 1.56. The number of nitrogens with one attached hydrogen (secondary N) is 1. The van der Waals surface area contributed by atoms with Gasteiger partial charge in [-0.25, -0.2) is 24.3 Å². The number of carbonyl (C=O) groups excluding carboxylic acids is 1. The van der Waals surface area contributed by atoms with E-state index in [-0.39, 0.29) is 35.7 Å². The Morgan fingerprint density at radius 3 is 2.43 bits per heavy atom. The van der Waals surface area contributed by atoms with E-state index in [0.717, 1.165) is 24.9 Å². The number of carbonyl (C=O) groups is 1. The van der Waals surface area contributed by atoms with E-state index in [1.807, 2.05) is 39.2 Å². The van der Waals surface area contributed by atoms with Crippen molar-refractivity contribution in [1.82, 2.24) is 29.4 Å². The van der Waals surface area contributed by atoms with Crippen LogP contribution in [0.1, 0.15) is 62.9 Å². The number of halogens is 1. The molecular formula is C25H32FN7O2. The summed E-state index contributed by atoms with van der Waals surface area (Å²) in [7, 11) is 0. The second kappa shape index (κ2) is 10.5. The van der Waals surface area contributed by atoms with E-state index in [1.54, 1.807) is 29.4 Å². The van der Waals surface area contributed by atoms with Gasteiger partial charge < -0.3 is 19.5 Å². The molecule has 0 bridgehead atoms. The first-order valence-electron chi connectivity index (χ1n) is 12.0. The summed E-state index contributed by atoms with van der Waals surface area (Å²) in [5.74, 6) is 0.385. The van der Waals surface area contributed by atoms with E-state index in [1.165, 1.54) is 0 Å². The lowest BCUT2D eigenvalue weighted by molar-refractivity contribution is 0.0637. The number of hydrogen-bond acceptors (Lipinski definition) is 7. The second-order valence-corrected chi connectivity index (χ2v) is 9.25. The van der Waals surface area contributed by atoms with Crippen molar-refractivity contribution >= 4 is 17.5 Å². The van der Waals surface area contributed by atoms with Crippen molar-refractivity contribution < 1.29 is 13.9 Å². The minimum atomic E-state index is -0.523. The topological polar surface area (TPSA) is 98.1 Å². The molecule has 0 radical (unpaired) electrons. The van der Waals surface area contributed by atoms with E-state index in [0.29, 0.717) is 30.3 Å². The van der Waals surface area contributed by atoms with E-state index >= 15 is 0 Å². The summed E-state index contributed by atoms with van der Waals surface area (Å²) < 4.78 is 22.3. The molecule has 1 aliphatic heterocycles. The molecule has 3 aromatic heterocycles. The zero-order chi connectivity index (χ0) is 25.1. The third kappa shape index (κ3) is 5.32. The molecule has 1 N–H and O–H groups in total. The Labute approximate surface area is 204 Å². The Bertz CT molecular complexity index is 1160. The average molecular weight is 482 g/mol. The lowest BCUT2D eigenvalue weighted by Crippen LogP contribution is -2.42. The maximum atomic E-state index is 14.8. The van der Waals surface area contributed by atoms with Gasteiger partial charge in [-0.15, -0.1) is 0 Å². The quantitative estimate of drug-likeness (QED) is 0.529. The van der Waals surface area contributed by atoms with Gasteiger partial charge in [0.2, 0.25) is 5.95 Å². The fraction of sp³-hybridized carbons (Fsp3) is 0.480. The first-order chi connectivity index (χ1) is 16.8. The Morgan fingerprint density at radius 1 is 1.09 bits per heavy atom. The van der Waals surface area contributed by atoms with Crippen molar-refractivity contribution in [3.8, 4) is 11.4 Å². The Hall–Kier alpha value is -3.40. The first kappa shape index (κ1) is 24.7. The monoisotopic (exact) mass is 481 g/mol. The van der Waals surface area contributed by atoms with Gasteiger partial charge in [0, 0.05) is 31.3 Å². The van der Waals surface area contributed by atoms with Crippen LogP contribution in [0.25, 0.3) is 11.4 Å². The highest BCUT2D eigenvalue weighted by Gasteiger charge is 2.24. The van der Waals surface area contributed by atoms with Gasteiger partial charge in [-0.3, -0.25) is 4.79 Å². The van der Waals surface area contributed by atoms with Crippen LogP contribution in [0, 0.1) is 12.7 Å². The summed E-state index contributed by atoms with van der Waals surface area (Å²) in [5.41, 5.74) is 1.74. The lowest BCUT2D eigenvalue weighted by Gasteiger charge is -2.30. The number of rotatable bonds is 7. The van der Waals surface area contributed by atoms with Crippen LogP contribution < -0.4 is 5.32 Å². The molecule has 0 aliphatic carbocycles. The summed E-state index contributed by atoms with van der Waals surface area (Å²) in [6.07, 6.45) is 6.02. The third-order valence-electron chi connectivity index (χ3n) is 6.11.